The number of carbonyl (C=O) groups is 1. The Morgan fingerprint density at radius 2 is 1.77 bits per heavy atom. The Kier molecular flexibility index (Phi) is 7.58. The first kappa shape index (κ1) is 28.0. The maximum atomic E-state index is 15.3. The number of aryl methyl sites for hydroxylation is 1. The summed E-state index contributed by atoms with van der Waals surface area (Å²) in [5.74, 6) is -0.742. The van der Waals surface area contributed by atoms with Crippen LogP contribution in [0.4, 0.5) is 8.78 Å². The highest BCUT2D eigenvalue weighted by Gasteiger charge is 2.23. The largest absolute Gasteiger partial charge is 0.491 e. The zero-order valence-electron chi connectivity index (χ0n) is 23.5. The molecule has 3 aromatic heterocycles. The maximum Gasteiger partial charge on any atom is 0.257 e. The molecule has 10 heteroatoms. The highest BCUT2D eigenvalue weighted by Crippen LogP contribution is 2.35. The lowest BCUT2D eigenvalue weighted by molar-refractivity contribution is 0.0991. The van der Waals surface area contributed by atoms with E-state index < -0.39 is 22.8 Å². The van der Waals surface area contributed by atoms with Gasteiger partial charge in [-0.25, -0.2) is 13.8 Å². The summed E-state index contributed by atoms with van der Waals surface area (Å²) in [5.41, 5.74) is 2.61. The standard InChI is InChI=1S/C33H27F2N3O5/c1-41-29-17-24-31(37-33(29)42-2)28(12-13-36-24)43-27-11-6-19(15-23(27)35)16-26(39)22-18-38-14-4-3-5-25(38)30(32(22)40)20-7-9-21(34)10-8-20/h6-13,15,17-18H,3-5,14,16H2,1-2H3. The van der Waals surface area contributed by atoms with Crippen LogP contribution in [-0.4, -0.2) is 34.5 Å². The van der Waals surface area contributed by atoms with Gasteiger partial charge in [0.1, 0.15) is 11.3 Å². The molecule has 43 heavy (non-hydrogen) atoms. The second kappa shape index (κ2) is 11.6. The van der Waals surface area contributed by atoms with Gasteiger partial charge in [-0.2, -0.15) is 0 Å². The molecule has 0 atom stereocenters. The number of halogens is 2. The Morgan fingerprint density at radius 3 is 2.51 bits per heavy atom. The van der Waals surface area contributed by atoms with E-state index in [1.165, 1.54) is 44.7 Å². The van der Waals surface area contributed by atoms with Crippen molar-refractivity contribution in [1.29, 1.82) is 0 Å². The third kappa shape index (κ3) is 5.43. The normalized spacial score (nSPS) is 12.6. The quantitative estimate of drug-likeness (QED) is 0.198. The van der Waals surface area contributed by atoms with Crippen molar-refractivity contribution in [3.8, 4) is 34.3 Å². The number of nitrogens with zero attached hydrogens (tertiary/aromatic N) is 3. The molecule has 0 saturated carbocycles. The molecule has 2 aromatic carbocycles. The van der Waals surface area contributed by atoms with Crippen molar-refractivity contribution in [3.05, 3.63) is 106 Å². The van der Waals surface area contributed by atoms with Crippen LogP contribution in [0.25, 0.3) is 22.2 Å². The summed E-state index contributed by atoms with van der Waals surface area (Å²) >= 11 is 0. The molecule has 1 aliphatic rings. The lowest BCUT2D eigenvalue weighted by Crippen LogP contribution is -2.26. The molecule has 0 spiro atoms. The Bertz CT molecular complexity index is 1920. The van der Waals surface area contributed by atoms with Crippen LogP contribution in [0.5, 0.6) is 23.1 Å². The van der Waals surface area contributed by atoms with Gasteiger partial charge in [-0.1, -0.05) is 18.2 Å². The van der Waals surface area contributed by atoms with Gasteiger partial charge in [-0.15, -0.1) is 0 Å². The number of rotatable bonds is 8. The van der Waals surface area contributed by atoms with Gasteiger partial charge < -0.3 is 18.8 Å². The fourth-order valence-electron chi connectivity index (χ4n) is 5.38. The highest BCUT2D eigenvalue weighted by atomic mass is 19.1. The van der Waals surface area contributed by atoms with Crippen LogP contribution >= 0.6 is 0 Å². The van der Waals surface area contributed by atoms with Crippen molar-refractivity contribution in [2.45, 2.75) is 32.2 Å². The molecule has 0 bridgehead atoms. The maximum absolute atomic E-state index is 15.3. The van der Waals surface area contributed by atoms with Crippen molar-refractivity contribution in [1.82, 2.24) is 14.5 Å². The minimum Gasteiger partial charge on any atom is -0.491 e. The van der Waals surface area contributed by atoms with Gasteiger partial charge in [0.05, 0.1) is 25.3 Å². The van der Waals surface area contributed by atoms with E-state index in [0.717, 1.165) is 18.5 Å². The topological polar surface area (TPSA) is 92.5 Å². The molecule has 4 heterocycles. The number of Topliss-reactive ketones (excluding diaryl/α,β-unsaturated/α-hetero) is 1. The van der Waals surface area contributed by atoms with Crippen LogP contribution < -0.4 is 19.6 Å². The van der Waals surface area contributed by atoms with E-state index in [9.17, 15) is 14.0 Å². The molecule has 218 valence electrons. The second-order valence-electron chi connectivity index (χ2n) is 10.2. The Hall–Kier alpha value is -5.12. The van der Waals surface area contributed by atoms with E-state index in [4.69, 9.17) is 14.2 Å². The lowest BCUT2D eigenvalue weighted by Gasteiger charge is -2.23. The molecule has 0 aliphatic carbocycles. The van der Waals surface area contributed by atoms with Crippen LogP contribution in [0, 0.1) is 11.6 Å². The Labute approximate surface area is 245 Å². The number of carbonyl (C=O) groups excluding carboxylic acids is 1. The van der Waals surface area contributed by atoms with Crippen LogP contribution in [0.2, 0.25) is 0 Å². The van der Waals surface area contributed by atoms with Gasteiger partial charge in [0, 0.05) is 48.7 Å². The molecule has 8 nitrogen and oxygen atoms in total. The third-order valence-corrected chi connectivity index (χ3v) is 7.49. The predicted octanol–water partition coefficient (Wildman–Crippen LogP) is 6.31. The molecule has 0 N–H and O–H groups in total. The summed E-state index contributed by atoms with van der Waals surface area (Å²) in [4.78, 5) is 35.7. The van der Waals surface area contributed by atoms with Gasteiger partial charge >= 0.3 is 0 Å². The average Bonchev–Trinajstić information content (AvgIpc) is 3.02. The molecule has 0 radical (unpaired) electrons. The first-order chi connectivity index (χ1) is 20.9. The number of benzene rings is 2. The Morgan fingerprint density at radius 1 is 0.953 bits per heavy atom. The second-order valence-corrected chi connectivity index (χ2v) is 10.2. The summed E-state index contributed by atoms with van der Waals surface area (Å²) in [6.07, 6.45) is 5.44. The number of fused-ring (bicyclic) bond motifs is 2. The van der Waals surface area contributed by atoms with Gasteiger partial charge in [0.2, 0.25) is 0 Å². The van der Waals surface area contributed by atoms with Crippen LogP contribution in [0.1, 0.15) is 34.5 Å². The fraction of sp³-hybridized carbons (Fsp3) is 0.212. The first-order valence-electron chi connectivity index (χ1n) is 13.8. The third-order valence-electron chi connectivity index (χ3n) is 7.49. The van der Waals surface area contributed by atoms with Gasteiger partial charge in [-0.05, 0) is 54.7 Å². The van der Waals surface area contributed by atoms with E-state index in [1.807, 2.05) is 4.57 Å². The van der Waals surface area contributed by atoms with Crippen molar-refractivity contribution in [2.24, 2.45) is 0 Å². The summed E-state index contributed by atoms with van der Waals surface area (Å²) in [7, 11) is 2.94. The number of ether oxygens (including phenoxy) is 3. The minimum atomic E-state index is -0.690. The summed E-state index contributed by atoms with van der Waals surface area (Å²) in [5, 5.41) is 0. The van der Waals surface area contributed by atoms with Crippen LogP contribution in [0.15, 0.2) is 71.8 Å². The molecule has 0 fully saturated rings. The number of ketones is 1. The fourth-order valence-corrected chi connectivity index (χ4v) is 5.38. The zero-order chi connectivity index (χ0) is 30.1. The summed E-state index contributed by atoms with van der Waals surface area (Å²) in [6, 6.07) is 13.1. The summed E-state index contributed by atoms with van der Waals surface area (Å²) < 4.78 is 47.2. The van der Waals surface area contributed by atoms with Crippen LogP contribution in [0.3, 0.4) is 0 Å². The van der Waals surface area contributed by atoms with Crippen molar-refractivity contribution < 1.29 is 27.8 Å². The molecule has 5 aromatic rings. The molecule has 0 unspecified atom stereocenters. The molecular formula is C33H27F2N3O5. The van der Waals surface area contributed by atoms with E-state index in [-0.39, 0.29) is 29.4 Å². The smallest absolute Gasteiger partial charge is 0.257 e. The first-order valence-corrected chi connectivity index (χ1v) is 13.8. The molecular weight excluding hydrogens is 556 g/mol. The average molecular weight is 584 g/mol. The Balaban J connectivity index is 1.29. The van der Waals surface area contributed by atoms with Gasteiger partial charge in [-0.3, -0.25) is 14.6 Å². The molecule has 0 amide bonds. The van der Waals surface area contributed by atoms with Gasteiger partial charge in [0.25, 0.3) is 5.88 Å². The number of hydrogen-bond acceptors (Lipinski definition) is 7. The van der Waals surface area contributed by atoms with Crippen molar-refractivity contribution in [3.63, 3.8) is 0 Å². The molecule has 0 saturated heterocycles. The minimum absolute atomic E-state index is 0.0180. The number of hydrogen-bond donors (Lipinski definition) is 0. The highest BCUT2D eigenvalue weighted by molar-refractivity contribution is 5.98. The molecule has 6 rings (SSSR count). The zero-order valence-corrected chi connectivity index (χ0v) is 23.5. The van der Waals surface area contributed by atoms with Crippen molar-refractivity contribution >= 4 is 16.8 Å². The summed E-state index contributed by atoms with van der Waals surface area (Å²) in [6.45, 7) is 0.669. The lowest BCUT2D eigenvalue weighted by atomic mass is 9.93. The predicted molar refractivity (Wildman–Crippen MR) is 156 cm³/mol. The monoisotopic (exact) mass is 583 g/mol. The van der Waals surface area contributed by atoms with Crippen LogP contribution in [-0.2, 0) is 19.4 Å². The van der Waals surface area contributed by atoms with E-state index >= 15 is 4.39 Å². The number of methoxy groups -OCH3 is 2. The van der Waals surface area contributed by atoms with Gasteiger partial charge in [0.15, 0.2) is 34.3 Å². The SMILES string of the molecule is COc1cc2nccc(Oc3ccc(CC(=O)c4cn5c(c(-c6ccc(F)cc6)c4=O)CCCC5)cc3F)c2nc1OC. The van der Waals surface area contributed by atoms with E-state index in [1.54, 1.807) is 36.5 Å². The molecule has 1 aliphatic heterocycles. The van der Waals surface area contributed by atoms with E-state index in [0.29, 0.717) is 46.4 Å². The van der Waals surface area contributed by atoms with E-state index in [2.05, 4.69) is 9.97 Å². The number of aromatic nitrogens is 3. The van der Waals surface area contributed by atoms with Crippen molar-refractivity contribution in [2.75, 3.05) is 14.2 Å². The number of pyridine rings is 3.